The Morgan fingerprint density at radius 3 is 1.85 bits per heavy atom. The van der Waals surface area contributed by atoms with Gasteiger partial charge in [0.2, 0.25) is 5.96 Å². The molecule has 0 bridgehead atoms. The molecule has 0 atom stereocenters. The average molecular weight is 479 g/mol. The van der Waals surface area contributed by atoms with Crippen LogP contribution in [-0.2, 0) is 9.47 Å². The standard InChI is InChI=1S/C26H46N4O4/c1-8-9-10-11-12-13-14-15-16-17-20-29(24(32)34-26(5,6)7)22(30-21-18-19-27-30)28-23(31)33-25(2,3)4/h18-19,21H,8-17,20H2,1-7H3. The molecule has 2 amide bonds. The zero-order valence-electron chi connectivity index (χ0n) is 22.4. The van der Waals surface area contributed by atoms with Gasteiger partial charge in [0.25, 0.3) is 0 Å². The predicted molar refractivity (Wildman–Crippen MR) is 136 cm³/mol. The van der Waals surface area contributed by atoms with Crippen molar-refractivity contribution in [3.8, 4) is 0 Å². The van der Waals surface area contributed by atoms with Crippen molar-refractivity contribution in [3.63, 3.8) is 0 Å². The van der Waals surface area contributed by atoms with E-state index < -0.39 is 23.4 Å². The van der Waals surface area contributed by atoms with Crippen molar-refractivity contribution in [1.82, 2.24) is 14.7 Å². The summed E-state index contributed by atoms with van der Waals surface area (Å²) in [4.78, 5) is 31.1. The van der Waals surface area contributed by atoms with E-state index in [2.05, 4.69) is 17.0 Å². The zero-order chi connectivity index (χ0) is 25.6. The molecule has 0 radical (unpaired) electrons. The zero-order valence-corrected chi connectivity index (χ0v) is 22.4. The van der Waals surface area contributed by atoms with Gasteiger partial charge in [-0.3, -0.25) is 0 Å². The molecule has 1 rings (SSSR count). The fourth-order valence-corrected chi connectivity index (χ4v) is 3.34. The summed E-state index contributed by atoms with van der Waals surface area (Å²) in [6.07, 6.45) is 13.7. The number of rotatable bonds is 11. The maximum atomic E-state index is 13.1. The molecule has 0 aliphatic heterocycles. The molecule has 0 aromatic carbocycles. The Bertz CT molecular complexity index is 746. The highest BCUT2D eigenvalue weighted by molar-refractivity contribution is 5.99. The van der Waals surface area contributed by atoms with E-state index in [4.69, 9.17) is 9.47 Å². The Kier molecular flexibility index (Phi) is 12.9. The minimum Gasteiger partial charge on any atom is -0.443 e. The molecule has 0 saturated heterocycles. The Balaban J connectivity index is 2.85. The first-order chi connectivity index (χ1) is 15.9. The maximum absolute atomic E-state index is 13.1. The van der Waals surface area contributed by atoms with Crippen LogP contribution in [0.2, 0.25) is 0 Å². The van der Waals surface area contributed by atoms with E-state index in [0.717, 1.165) is 19.3 Å². The number of unbranched alkanes of at least 4 members (excludes halogenated alkanes) is 9. The van der Waals surface area contributed by atoms with Gasteiger partial charge in [-0.25, -0.2) is 19.2 Å². The van der Waals surface area contributed by atoms with Crippen LogP contribution in [0, 0.1) is 0 Å². The number of hydrogen-bond acceptors (Lipinski definition) is 5. The summed E-state index contributed by atoms with van der Waals surface area (Å²) in [5.74, 6) is 0.0735. The van der Waals surface area contributed by atoms with E-state index in [9.17, 15) is 9.59 Å². The van der Waals surface area contributed by atoms with Crippen molar-refractivity contribution in [1.29, 1.82) is 0 Å². The van der Waals surface area contributed by atoms with Gasteiger partial charge in [-0.05, 0) is 54.0 Å². The third-order valence-electron chi connectivity index (χ3n) is 4.88. The number of aromatic nitrogens is 2. The van der Waals surface area contributed by atoms with Gasteiger partial charge >= 0.3 is 12.2 Å². The molecular weight excluding hydrogens is 432 g/mol. The summed E-state index contributed by atoms with van der Waals surface area (Å²) in [7, 11) is 0. The van der Waals surface area contributed by atoms with Crippen LogP contribution in [0.3, 0.4) is 0 Å². The van der Waals surface area contributed by atoms with Crippen molar-refractivity contribution in [2.45, 2.75) is 124 Å². The molecule has 0 aliphatic carbocycles. The summed E-state index contributed by atoms with van der Waals surface area (Å²) in [6, 6.07) is 1.71. The molecule has 8 heteroatoms. The second-order valence-electron chi connectivity index (χ2n) is 10.7. The van der Waals surface area contributed by atoms with Gasteiger partial charge in [-0.15, -0.1) is 4.99 Å². The largest absolute Gasteiger partial charge is 0.443 e. The van der Waals surface area contributed by atoms with Crippen molar-refractivity contribution in [2.75, 3.05) is 6.54 Å². The van der Waals surface area contributed by atoms with E-state index in [1.807, 2.05) is 20.8 Å². The van der Waals surface area contributed by atoms with E-state index in [0.29, 0.717) is 6.54 Å². The normalized spacial score (nSPS) is 12.5. The molecule has 8 nitrogen and oxygen atoms in total. The SMILES string of the molecule is CCCCCCCCCCCCN(C(=O)OC(C)(C)C)C(=NC(=O)OC(C)(C)C)n1cccn1. The Morgan fingerprint density at radius 1 is 0.853 bits per heavy atom. The first-order valence-corrected chi connectivity index (χ1v) is 12.7. The molecule has 1 aromatic heterocycles. The molecular formula is C26H46N4O4. The highest BCUT2D eigenvalue weighted by Crippen LogP contribution is 2.15. The summed E-state index contributed by atoms with van der Waals surface area (Å²) in [5.41, 5.74) is -1.39. The first-order valence-electron chi connectivity index (χ1n) is 12.7. The topological polar surface area (TPSA) is 86.0 Å². The van der Waals surface area contributed by atoms with Crippen LogP contribution < -0.4 is 0 Å². The molecule has 0 unspecified atom stereocenters. The molecule has 0 N–H and O–H groups in total. The molecule has 0 spiro atoms. The van der Waals surface area contributed by atoms with Gasteiger partial charge in [0.15, 0.2) is 0 Å². The second-order valence-corrected chi connectivity index (χ2v) is 10.7. The van der Waals surface area contributed by atoms with Gasteiger partial charge in [-0.1, -0.05) is 64.7 Å². The van der Waals surface area contributed by atoms with Crippen LogP contribution in [0.4, 0.5) is 9.59 Å². The number of amides is 2. The Hall–Kier alpha value is -2.38. The second kappa shape index (κ2) is 14.8. The minimum absolute atomic E-state index is 0.0735. The number of carbonyl (C=O) groups is 2. The molecule has 0 saturated carbocycles. The third kappa shape index (κ3) is 13.4. The molecule has 0 aliphatic rings. The predicted octanol–water partition coefficient (Wildman–Crippen LogP) is 7.18. The van der Waals surface area contributed by atoms with Crippen molar-refractivity contribution >= 4 is 18.1 Å². The monoisotopic (exact) mass is 478 g/mol. The van der Waals surface area contributed by atoms with Gasteiger partial charge in [-0.2, -0.15) is 5.10 Å². The van der Waals surface area contributed by atoms with Gasteiger partial charge in [0, 0.05) is 18.9 Å². The number of aliphatic imine (C=N–C) groups is 1. The van der Waals surface area contributed by atoms with Crippen molar-refractivity contribution in [2.24, 2.45) is 4.99 Å². The highest BCUT2D eigenvalue weighted by atomic mass is 16.6. The summed E-state index contributed by atoms with van der Waals surface area (Å²) in [6.45, 7) is 13.3. The van der Waals surface area contributed by atoms with Crippen LogP contribution in [0.1, 0.15) is 113 Å². The molecule has 1 aromatic rings. The van der Waals surface area contributed by atoms with Crippen LogP contribution in [0.15, 0.2) is 23.5 Å². The summed E-state index contributed by atoms with van der Waals surface area (Å²) >= 11 is 0. The number of ether oxygens (including phenoxy) is 2. The fourth-order valence-electron chi connectivity index (χ4n) is 3.34. The minimum atomic E-state index is -0.783. The van der Waals surface area contributed by atoms with Crippen LogP contribution >= 0.6 is 0 Å². The van der Waals surface area contributed by atoms with Crippen molar-refractivity contribution in [3.05, 3.63) is 18.5 Å². The van der Waals surface area contributed by atoms with Crippen molar-refractivity contribution < 1.29 is 19.1 Å². The smallest absolute Gasteiger partial charge is 0.437 e. The van der Waals surface area contributed by atoms with E-state index in [1.165, 1.54) is 54.5 Å². The van der Waals surface area contributed by atoms with Crippen LogP contribution in [0.25, 0.3) is 0 Å². The van der Waals surface area contributed by atoms with E-state index in [-0.39, 0.29) is 5.96 Å². The Labute approximate surface area is 206 Å². The Morgan fingerprint density at radius 2 is 1.38 bits per heavy atom. The lowest BCUT2D eigenvalue weighted by Crippen LogP contribution is -2.45. The maximum Gasteiger partial charge on any atom is 0.437 e. The average Bonchev–Trinajstić information content (AvgIpc) is 3.22. The third-order valence-corrected chi connectivity index (χ3v) is 4.88. The lowest BCUT2D eigenvalue weighted by molar-refractivity contribution is 0.0359. The lowest BCUT2D eigenvalue weighted by atomic mass is 10.1. The van der Waals surface area contributed by atoms with E-state index in [1.54, 1.807) is 39.2 Å². The summed E-state index contributed by atoms with van der Waals surface area (Å²) in [5, 5.41) is 4.19. The van der Waals surface area contributed by atoms with Crippen LogP contribution in [-0.4, -0.2) is 50.6 Å². The van der Waals surface area contributed by atoms with E-state index >= 15 is 0 Å². The molecule has 34 heavy (non-hydrogen) atoms. The van der Waals surface area contributed by atoms with Gasteiger partial charge in [0.05, 0.1) is 0 Å². The van der Waals surface area contributed by atoms with Gasteiger partial charge < -0.3 is 9.47 Å². The molecule has 0 fully saturated rings. The fraction of sp³-hybridized carbons (Fsp3) is 0.769. The number of carbonyl (C=O) groups excluding carboxylic acids is 2. The number of nitrogens with zero attached hydrogens (tertiary/aromatic N) is 4. The molecule has 1 heterocycles. The number of hydrogen-bond donors (Lipinski definition) is 0. The highest BCUT2D eigenvalue weighted by Gasteiger charge is 2.28. The molecule has 194 valence electrons. The quantitative estimate of drug-likeness (QED) is 0.191. The summed E-state index contributed by atoms with van der Waals surface area (Å²) < 4.78 is 12.4. The lowest BCUT2D eigenvalue weighted by Gasteiger charge is -2.28. The van der Waals surface area contributed by atoms with Crippen LogP contribution in [0.5, 0.6) is 0 Å². The first kappa shape index (κ1) is 29.7. The van der Waals surface area contributed by atoms with Gasteiger partial charge in [0.1, 0.15) is 11.2 Å².